The van der Waals surface area contributed by atoms with Gasteiger partial charge < -0.3 is 9.47 Å². The van der Waals surface area contributed by atoms with Gasteiger partial charge in [0.2, 0.25) is 0 Å². The molecule has 0 radical (unpaired) electrons. The minimum absolute atomic E-state index is 0.0336. The summed E-state index contributed by atoms with van der Waals surface area (Å²) in [5.41, 5.74) is 2.80. The van der Waals surface area contributed by atoms with E-state index in [9.17, 15) is 9.59 Å². The molecule has 0 amide bonds. The van der Waals surface area contributed by atoms with Crippen molar-refractivity contribution in [2.45, 2.75) is 59.8 Å². The molecule has 0 bridgehead atoms. The second-order valence-electron chi connectivity index (χ2n) is 9.44. The number of hydrogen-bond acceptors (Lipinski definition) is 6. The standard InChI is InChI=1S/C19H21N3O3.C9H16O/c1-5-12(2)19(23)14-11-18-20-9-8-15(22(18)21-14)13-6-7-16(24-3)17(10-13)25-4;1-7-3-5-9(6-4-7)8(2)10/h6-12H,5H2,1-4H3;7,9H,3-6H2,1-2H3. The molecule has 0 spiro atoms. The molecule has 1 atom stereocenters. The molecule has 1 aromatic carbocycles. The Hall–Kier alpha value is -3.22. The zero-order valence-corrected chi connectivity index (χ0v) is 21.7. The smallest absolute Gasteiger partial charge is 0.185 e. The van der Waals surface area contributed by atoms with Crippen LogP contribution >= 0.6 is 0 Å². The minimum atomic E-state index is -0.0607. The SMILES string of the molecule is CC(=O)C1CCC(C)CC1.CCC(C)C(=O)c1cc2nccc(-c3ccc(OC)c(OC)c3)n2n1. The van der Waals surface area contributed by atoms with Gasteiger partial charge in [0, 0.05) is 29.7 Å². The first-order valence-corrected chi connectivity index (χ1v) is 12.4. The zero-order chi connectivity index (χ0) is 25.5. The third-order valence-corrected chi connectivity index (χ3v) is 6.94. The third kappa shape index (κ3) is 6.27. The van der Waals surface area contributed by atoms with Gasteiger partial charge in [0.25, 0.3) is 0 Å². The van der Waals surface area contributed by atoms with Crippen LogP contribution in [0.4, 0.5) is 0 Å². The van der Waals surface area contributed by atoms with Crippen LogP contribution in [0.5, 0.6) is 11.5 Å². The topological polar surface area (TPSA) is 82.8 Å². The summed E-state index contributed by atoms with van der Waals surface area (Å²) in [6.07, 6.45) is 7.27. The van der Waals surface area contributed by atoms with E-state index in [4.69, 9.17) is 9.47 Å². The third-order valence-electron chi connectivity index (χ3n) is 6.94. The number of carbonyl (C=O) groups is 2. The Morgan fingerprint density at radius 3 is 2.34 bits per heavy atom. The maximum Gasteiger partial charge on any atom is 0.185 e. The highest BCUT2D eigenvalue weighted by molar-refractivity contribution is 5.96. The Morgan fingerprint density at radius 2 is 1.74 bits per heavy atom. The molecule has 1 saturated carbocycles. The van der Waals surface area contributed by atoms with Crippen LogP contribution in [0.1, 0.15) is 70.3 Å². The Balaban J connectivity index is 0.000000287. The van der Waals surface area contributed by atoms with Gasteiger partial charge in [-0.15, -0.1) is 0 Å². The van der Waals surface area contributed by atoms with Crippen molar-refractivity contribution in [3.8, 4) is 22.8 Å². The molecule has 1 fully saturated rings. The maximum absolute atomic E-state index is 12.4. The minimum Gasteiger partial charge on any atom is -0.493 e. The first-order chi connectivity index (χ1) is 16.8. The number of ketones is 2. The number of benzene rings is 1. The van der Waals surface area contributed by atoms with Crippen LogP contribution in [-0.4, -0.2) is 40.4 Å². The van der Waals surface area contributed by atoms with Crippen molar-refractivity contribution in [2.24, 2.45) is 17.8 Å². The van der Waals surface area contributed by atoms with E-state index in [0.717, 1.165) is 36.4 Å². The maximum atomic E-state index is 12.4. The molecule has 2 heterocycles. The summed E-state index contributed by atoms with van der Waals surface area (Å²) in [5, 5.41) is 4.49. The van der Waals surface area contributed by atoms with Crippen LogP contribution in [0.15, 0.2) is 36.5 Å². The molecule has 1 unspecified atom stereocenters. The molecule has 0 N–H and O–H groups in total. The van der Waals surface area contributed by atoms with Gasteiger partial charge in [-0.25, -0.2) is 9.50 Å². The van der Waals surface area contributed by atoms with E-state index in [-0.39, 0.29) is 11.7 Å². The zero-order valence-electron chi connectivity index (χ0n) is 21.7. The van der Waals surface area contributed by atoms with Crippen molar-refractivity contribution in [1.29, 1.82) is 0 Å². The first kappa shape index (κ1) is 26.4. The Bertz CT molecular complexity index is 1160. The number of aromatic nitrogens is 3. The van der Waals surface area contributed by atoms with Crippen LogP contribution in [0.2, 0.25) is 0 Å². The highest BCUT2D eigenvalue weighted by Crippen LogP contribution is 2.32. The van der Waals surface area contributed by atoms with E-state index in [0.29, 0.717) is 34.5 Å². The molecular weight excluding hydrogens is 442 g/mol. The fourth-order valence-corrected chi connectivity index (χ4v) is 4.33. The average molecular weight is 480 g/mol. The number of hydrogen-bond donors (Lipinski definition) is 0. The Kier molecular flexibility index (Phi) is 9.01. The number of methoxy groups -OCH3 is 2. The van der Waals surface area contributed by atoms with Gasteiger partial charge in [0.1, 0.15) is 11.5 Å². The summed E-state index contributed by atoms with van der Waals surface area (Å²) >= 11 is 0. The van der Waals surface area contributed by atoms with Crippen LogP contribution in [0, 0.1) is 17.8 Å². The molecule has 35 heavy (non-hydrogen) atoms. The second kappa shape index (κ2) is 12.0. The van der Waals surface area contributed by atoms with Crippen LogP contribution < -0.4 is 9.47 Å². The monoisotopic (exact) mass is 479 g/mol. The summed E-state index contributed by atoms with van der Waals surface area (Å²) in [4.78, 5) is 27.7. The molecule has 188 valence electrons. The molecule has 0 aliphatic heterocycles. The molecule has 7 nitrogen and oxygen atoms in total. The summed E-state index contributed by atoms with van der Waals surface area (Å²) < 4.78 is 12.4. The Labute approximate surface area is 207 Å². The predicted octanol–water partition coefficient (Wildman–Crippen LogP) is 6.04. The average Bonchev–Trinajstić information content (AvgIpc) is 3.32. The van der Waals surface area contributed by atoms with Crippen molar-refractivity contribution < 1.29 is 19.1 Å². The number of ether oxygens (including phenoxy) is 2. The lowest BCUT2D eigenvalue weighted by Gasteiger charge is -2.23. The van der Waals surface area contributed by atoms with E-state index in [1.807, 2.05) is 38.1 Å². The van der Waals surface area contributed by atoms with Crippen LogP contribution in [-0.2, 0) is 4.79 Å². The van der Waals surface area contributed by atoms with Gasteiger partial charge in [-0.1, -0.05) is 33.6 Å². The molecular formula is C28H37N3O4. The highest BCUT2D eigenvalue weighted by atomic mass is 16.5. The van der Waals surface area contributed by atoms with Crippen LogP contribution in [0.25, 0.3) is 16.9 Å². The lowest BCUT2D eigenvalue weighted by molar-refractivity contribution is -0.121. The molecule has 4 rings (SSSR count). The van der Waals surface area contributed by atoms with Crippen molar-refractivity contribution in [1.82, 2.24) is 14.6 Å². The van der Waals surface area contributed by atoms with Crippen molar-refractivity contribution in [2.75, 3.05) is 14.2 Å². The Morgan fingerprint density at radius 1 is 1.06 bits per heavy atom. The van der Waals surface area contributed by atoms with Crippen LogP contribution in [0.3, 0.4) is 0 Å². The predicted molar refractivity (Wildman–Crippen MR) is 137 cm³/mol. The number of Topliss-reactive ketones (excluding diaryl/α,β-unsaturated/α-hetero) is 2. The van der Waals surface area contributed by atoms with Crippen molar-refractivity contribution in [3.63, 3.8) is 0 Å². The largest absolute Gasteiger partial charge is 0.493 e. The van der Waals surface area contributed by atoms with E-state index >= 15 is 0 Å². The van der Waals surface area contributed by atoms with Gasteiger partial charge in [0.05, 0.1) is 19.9 Å². The molecule has 1 aliphatic rings. The van der Waals surface area contributed by atoms with Gasteiger partial charge in [-0.3, -0.25) is 9.59 Å². The molecule has 3 aromatic rings. The van der Waals surface area contributed by atoms with E-state index in [2.05, 4.69) is 17.0 Å². The van der Waals surface area contributed by atoms with Gasteiger partial charge in [0.15, 0.2) is 22.9 Å². The van der Waals surface area contributed by atoms with Crippen molar-refractivity contribution in [3.05, 3.63) is 42.2 Å². The quantitative estimate of drug-likeness (QED) is 0.384. The summed E-state index contributed by atoms with van der Waals surface area (Å²) in [6.45, 7) is 7.90. The van der Waals surface area contributed by atoms with Gasteiger partial charge in [-0.2, -0.15) is 5.10 Å². The molecule has 1 aliphatic carbocycles. The summed E-state index contributed by atoms with van der Waals surface area (Å²) in [7, 11) is 3.20. The van der Waals surface area contributed by atoms with Gasteiger partial charge >= 0.3 is 0 Å². The normalized spacial score (nSPS) is 18.3. The lowest BCUT2D eigenvalue weighted by Crippen LogP contribution is -2.18. The number of fused-ring (bicyclic) bond motifs is 1. The molecule has 7 heteroatoms. The first-order valence-electron chi connectivity index (χ1n) is 12.4. The number of carbonyl (C=O) groups excluding carboxylic acids is 2. The fourth-order valence-electron chi connectivity index (χ4n) is 4.33. The number of nitrogens with zero attached hydrogens (tertiary/aromatic N) is 3. The fraction of sp³-hybridized carbons (Fsp3) is 0.500. The molecule has 2 aromatic heterocycles. The molecule has 0 saturated heterocycles. The summed E-state index contributed by atoms with van der Waals surface area (Å²) in [5.74, 6) is 2.91. The van der Waals surface area contributed by atoms with E-state index < -0.39 is 0 Å². The highest BCUT2D eigenvalue weighted by Gasteiger charge is 2.21. The summed E-state index contributed by atoms with van der Waals surface area (Å²) in [6, 6.07) is 9.24. The lowest BCUT2D eigenvalue weighted by atomic mass is 9.81. The second-order valence-corrected chi connectivity index (χ2v) is 9.44. The van der Waals surface area contributed by atoms with E-state index in [1.165, 1.54) is 12.8 Å². The number of rotatable bonds is 7. The van der Waals surface area contributed by atoms with E-state index in [1.54, 1.807) is 37.9 Å². The van der Waals surface area contributed by atoms with Crippen molar-refractivity contribution >= 4 is 17.2 Å². The van der Waals surface area contributed by atoms with Gasteiger partial charge in [-0.05, 0) is 56.4 Å².